The smallest absolute Gasteiger partial charge is 0.227 e. The Balaban J connectivity index is 1.55. The van der Waals surface area contributed by atoms with Gasteiger partial charge in [-0.05, 0) is 61.8 Å². The molecule has 0 spiro atoms. The van der Waals surface area contributed by atoms with Crippen LogP contribution in [0.4, 0.5) is 5.69 Å². The van der Waals surface area contributed by atoms with Crippen molar-refractivity contribution in [1.82, 2.24) is 4.90 Å². The van der Waals surface area contributed by atoms with E-state index in [0.717, 1.165) is 38.0 Å². The number of benzene rings is 2. The lowest BCUT2D eigenvalue weighted by Crippen LogP contribution is -2.37. The van der Waals surface area contributed by atoms with Gasteiger partial charge in [0.1, 0.15) is 5.75 Å². The quantitative estimate of drug-likeness (QED) is 0.684. The maximum atomic E-state index is 12.6. The average molecular weight is 428 g/mol. The van der Waals surface area contributed by atoms with Crippen LogP contribution in [0.2, 0.25) is 15.1 Å². The molecule has 0 atom stereocenters. The molecule has 4 nitrogen and oxygen atoms in total. The van der Waals surface area contributed by atoms with Gasteiger partial charge in [0.15, 0.2) is 0 Å². The SMILES string of the molecule is COc1ccc(Cl)cc1NC(=O)C1CCN(Cc2ccc(Cl)c(Cl)c2)CC1. The highest BCUT2D eigenvalue weighted by molar-refractivity contribution is 6.42. The molecule has 0 bridgehead atoms. The number of halogens is 3. The zero-order valence-electron chi connectivity index (χ0n) is 15.0. The summed E-state index contributed by atoms with van der Waals surface area (Å²) < 4.78 is 5.29. The molecule has 3 rings (SSSR count). The minimum atomic E-state index is -0.0289. The second kappa shape index (κ2) is 9.16. The first-order valence-corrected chi connectivity index (χ1v) is 9.90. The fourth-order valence-corrected chi connectivity index (χ4v) is 3.75. The van der Waals surface area contributed by atoms with E-state index in [1.807, 2.05) is 18.2 Å². The van der Waals surface area contributed by atoms with E-state index < -0.39 is 0 Å². The number of piperidine rings is 1. The number of nitrogens with one attached hydrogen (secondary N) is 1. The molecule has 0 aromatic heterocycles. The van der Waals surface area contributed by atoms with Crippen molar-refractivity contribution in [2.45, 2.75) is 19.4 Å². The lowest BCUT2D eigenvalue weighted by molar-refractivity contribution is -0.121. The van der Waals surface area contributed by atoms with Crippen molar-refractivity contribution < 1.29 is 9.53 Å². The van der Waals surface area contributed by atoms with Crippen molar-refractivity contribution in [1.29, 1.82) is 0 Å². The second-order valence-electron chi connectivity index (χ2n) is 6.63. The monoisotopic (exact) mass is 426 g/mol. The number of likely N-dealkylation sites (tertiary alicyclic amines) is 1. The Labute approximate surface area is 174 Å². The van der Waals surface area contributed by atoms with Crippen molar-refractivity contribution in [2.75, 3.05) is 25.5 Å². The van der Waals surface area contributed by atoms with Gasteiger partial charge in [-0.3, -0.25) is 9.69 Å². The Bertz CT molecular complexity index is 821. The Morgan fingerprint density at radius 1 is 1.11 bits per heavy atom. The van der Waals surface area contributed by atoms with Gasteiger partial charge in [0.2, 0.25) is 5.91 Å². The summed E-state index contributed by atoms with van der Waals surface area (Å²) in [7, 11) is 1.57. The Morgan fingerprint density at radius 2 is 1.85 bits per heavy atom. The Kier molecular flexibility index (Phi) is 6.88. The molecular weight excluding hydrogens is 407 g/mol. The number of carbonyl (C=O) groups is 1. The van der Waals surface area contributed by atoms with Crippen molar-refractivity contribution in [3.8, 4) is 5.75 Å². The van der Waals surface area contributed by atoms with Crippen LogP contribution in [-0.4, -0.2) is 31.0 Å². The number of anilines is 1. The lowest BCUT2D eigenvalue weighted by atomic mass is 9.95. The van der Waals surface area contributed by atoms with Crippen LogP contribution in [0.3, 0.4) is 0 Å². The van der Waals surface area contributed by atoms with Gasteiger partial charge >= 0.3 is 0 Å². The molecule has 0 aliphatic carbocycles. The Morgan fingerprint density at radius 3 is 2.52 bits per heavy atom. The summed E-state index contributed by atoms with van der Waals surface area (Å²) in [5.74, 6) is 0.577. The van der Waals surface area contributed by atoms with Crippen LogP contribution < -0.4 is 10.1 Å². The maximum Gasteiger partial charge on any atom is 0.227 e. The van der Waals surface area contributed by atoms with E-state index in [2.05, 4.69) is 10.2 Å². The maximum absolute atomic E-state index is 12.6. The van der Waals surface area contributed by atoms with Crippen LogP contribution in [0, 0.1) is 5.92 Å². The summed E-state index contributed by atoms with van der Waals surface area (Å²) in [6.45, 7) is 2.50. The van der Waals surface area contributed by atoms with Crippen LogP contribution in [0.25, 0.3) is 0 Å². The summed E-state index contributed by atoms with van der Waals surface area (Å²) in [6.07, 6.45) is 1.60. The largest absolute Gasteiger partial charge is 0.495 e. The minimum Gasteiger partial charge on any atom is -0.495 e. The van der Waals surface area contributed by atoms with Crippen molar-refractivity contribution >= 4 is 46.4 Å². The molecular formula is C20H21Cl3N2O2. The lowest BCUT2D eigenvalue weighted by Gasteiger charge is -2.31. The van der Waals surface area contributed by atoms with Gasteiger partial charge in [0, 0.05) is 17.5 Å². The Hall–Kier alpha value is -1.46. The predicted octanol–water partition coefficient (Wildman–Crippen LogP) is 5.51. The van der Waals surface area contributed by atoms with Crippen molar-refractivity contribution in [3.63, 3.8) is 0 Å². The molecule has 27 heavy (non-hydrogen) atoms. The van der Waals surface area contributed by atoms with Crippen LogP contribution in [0.1, 0.15) is 18.4 Å². The minimum absolute atomic E-state index is 0.00440. The fourth-order valence-electron chi connectivity index (χ4n) is 3.26. The molecule has 1 N–H and O–H groups in total. The van der Waals surface area contributed by atoms with Crippen molar-refractivity contribution in [2.24, 2.45) is 5.92 Å². The van der Waals surface area contributed by atoms with Gasteiger partial charge in [-0.15, -0.1) is 0 Å². The van der Waals surface area contributed by atoms with Gasteiger partial charge in [0.25, 0.3) is 0 Å². The number of carbonyl (C=O) groups excluding carboxylic acids is 1. The van der Waals surface area contributed by atoms with Gasteiger partial charge in [-0.1, -0.05) is 40.9 Å². The second-order valence-corrected chi connectivity index (χ2v) is 7.88. The number of amides is 1. The summed E-state index contributed by atoms with van der Waals surface area (Å²) in [5.41, 5.74) is 1.73. The van der Waals surface area contributed by atoms with Crippen LogP contribution in [0.15, 0.2) is 36.4 Å². The van der Waals surface area contributed by atoms with Gasteiger partial charge in [-0.25, -0.2) is 0 Å². The van der Waals surface area contributed by atoms with E-state index in [4.69, 9.17) is 39.5 Å². The van der Waals surface area contributed by atoms with Gasteiger partial charge < -0.3 is 10.1 Å². The normalized spacial score (nSPS) is 15.6. The number of hydrogen-bond acceptors (Lipinski definition) is 3. The van der Waals surface area contributed by atoms with E-state index in [9.17, 15) is 4.79 Å². The van der Waals surface area contributed by atoms with Crippen LogP contribution in [0.5, 0.6) is 5.75 Å². The zero-order chi connectivity index (χ0) is 19.4. The summed E-state index contributed by atoms with van der Waals surface area (Å²) in [5, 5.41) is 4.64. The molecule has 144 valence electrons. The summed E-state index contributed by atoms with van der Waals surface area (Å²) in [4.78, 5) is 15.0. The molecule has 0 unspecified atom stereocenters. The molecule has 0 saturated carbocycles. The molecule has 2 aromatic carbocycles. The molecule has 1 heterocycles. The fraction of sp³-hybridized carbons (Fsp3) is 0.350. The van der Waals surface area contributed by atoms with Gasteiger partial charge in [0.05, 0.1) is 22.8 Å². The van der Waals surface area contributed by atoms with E-state index in [0.29, 0.717) is 26.5 Å². The molecule has 2 aromatic rings. The highest BCUT2D eigenvalue weighted by Crippen LogP contribution is 2.29. The van der Waals surface area contributed by atoms with Crippen LogP contribution in [-0.2, 0) is 11.3 Å². The third kappa shape index (κ3) is 5.29. The number of ether oxygens (including phenoxy) is 1. The van der Waals surface area contributed by atoms with Crippen molar-refractivity contribution in [3.05, 3.63) is 57.0 Å². The molecule has 1 saturated heterocycles. The molecule has 7 heteroatoms. The highest BCUT2D eigenvalue weighted by Gasteiger charge is 2.25. The first-order chi connectivity index (χ1) is 13.0. The summed E-state index contributed by atoms with van der Waals surface area (Å²) >= 11 is 18.1. The van der Waals surface area contributed by atoms with Gasteiger partial charge in [-0.2, -0.15) is 0 Å². The molecule has 1 fully saturated rings. The van der Waals surface area contributed by atoms with Crippen LogP contribution >= 0.6 is 34.8 Å². The number of methoxy groups -OCH3 is 1. The number of hydrogen-bond donors (Lipinski definition) is 1. The number of rotatable bonds is 5. The molecule has 1 aliphatic heterocycles. The molecule has 0 radical (unpaired) electrons. The molecule has 1 amide bonds. The third-order valence-electron chi connectivity index (χ3n) is 4.77. The predicted molar refractivity (Wildman–Crippen MR) is 111 cm³/mol. The zero-order valence-corrected chi connectivity index (χ0v) is 17.2. The standard InChI is InChI=1S/C20H21Cl3N2O2/c1-27-19-5-3-15(21)11-18(19)24-20(26)14-6-8-25(9-7-14)12-13-2-4-16(22)17(23)10-13/h2-5,10-11,14H,6-9,12H2,1H3,(H,24,26). The third-order valence-corrected chi connectivity index (χ3v) is 5.74. The topological polar surface area (TPSA) is 41.6 Å². The number of nitrogens with zero attached hydrogens (tertiary/aromatic N) is 1. The van der Waals surface area contributed by atoms with E-state index in [1.54, 1.807) is 25.3 Å². The summed E-state index contributed by atoms with van der Waals surface area (Å²) in [6, 6.07) is 10.9. The molecule has 1 aliphatic rings. The van der Waals surface area contributed by atoms with E-state index in [-0.39, 0.29) is 11.8 Å². The first-order valence-electron chi connectivity index (χ1n) is 8.77. The van der Waals surface area contributed by atoms with E-state index >= 15 is 0 Å². The highest BCUT2D eigenvalue weighted by atomic mass is 35.5. The first kappa shape index (κ1) is 20.3. The average Bonchev–Trinajstić information content (AvgIpc) is 2.65. The van der Waals surface area contributed by atoms with E-state index in [1.165, 1.54) is 0 Å².